The Morgan fingerprint density at radius 2 is 1.92 bits per heavy atom. The van der Waals surface area contributed by atoms with Gasteiger partial charge in [0, 0.05) is 31.9 Å². The molecule has 1 saturated carbocycles. The summed E-state index contributed by atoms with van der Waals surface area (Å²) in [4.78, 5) is 49.5. The Morgan fingerprint density at radius 1 is 1.18 bits per heavy atom. The molecular weight excluding hydrogens is 531 g/mol. The number of β-amino-alcohol motifs (C(OH)–C–C–N with tert-alkyl or cyclic N) is 1. The van der Waals surface area contributed by atoms with Crippen molar-refractivity contribution in [3.63, 3.8) is 0 Å². The van der Waals surface area contributed by atoms with E-state index in [9.17, 15) is 36.3 Å². The van der Waals surface area contributed by atoms with Crippen LogP contribution in [0.2, 0.25) is 0 Å². The average Bonchev–Trinajstić information content (AvgIpc) is 3.65. The number of halogens is 5. The molecule has 0 spiro atoms. The molecule has 10 nitrogen and oxygen atoms in total. The Bertz CT molecular complexity index is 1520. The van der Waals surface area contributed by atoms with Crippen LogP contribution < -0.4 is 15.6 Å². The molecule has 1 aliphatic heterocycles. The maximum Gasteiger partial charge on any atom is 0.408 e. The summed E-state index contributed by atoms with van der Waals surface area (Å²) in [6, 6.07) is 0.355. The molecule has 0 radical (unpaired) electrons. The Morgan fingerprint density at radius 3 is 2.56 bits per heavy atom. The molecule has 2 N–H and O–H groups in total. The molecule has 0 aromatic carbocycles. The largest absolute Gasteiger partial charge is 0.408 e. The molecule has 206 valence electrons. The van der Waals surface area contributed by atoms with Crippen LogP contribution in [0.15, 0.2) is 35.4 Å². The minimum absolute atomic E-state index is 0.0479. The van der Waals surface area contributed by atoms with Crippen molar-refractivity contribution in [1.29, 1.82) is 0 Å². The molecule has 4 heterocycles. The molecular formula is C24H21F5N6O4. The van der Waals surface area contributed by atoms with Crippen molar-refractivity contribution < 1.29 is 36.6 Å². The fourth-order valence-corrected chi connectivity index (χ4v) is 4.49. The van der Waals surface area contributed by atoms with Gasteiger partial charge in [-0.25, -0.2) is 23.5 Å². The first-order valence-corrected chi connectivity index (χ1v) is 11.9. The van der Waals surface area contributed by atoms with Crippen molar-refractivity contribution in [3.05, 3.63) is 58.0 Å². The number of aliphatic hydroxyl groups is 1. The van der Waals surface area contributed by atoms with Crippen molar-refractivity contribution in [2.75, 3.05) is 31.1 Å². The highest BCUT2D eigenvalue weighted by atomic mass is 19.4. The highest BCUT2D eigenvalue weighted by Crippen LogP contribution is 2.40. The van der Waals surface area contributed by atoms with E-state index in [2.05, 4.69) is 9.97 Å². The van der Waals surface area contributed by atoms with Gasteiger partial charge in [-0.1, -0.05) is 0 Å². The third kappa shape index (κ3) is 5.01. The van der Waals surface area contributed by atoms with Gasteiger partial charge in [-0.05, 0) is 30.9 Å². The van der Waals surface area contributed by atoms with E-state index in [1.807, 2.05) is 5.32 Å². The molecule has 15 heteroatoms. The molecule has 0 unspecified atom stereocenters. The molecule has 39 heavy (non-hydrogen) atoms. The number of carbonyl (C=O) groups is 2. The fraction of sp³-hybridized carbons (Fsp3) is 0.375. The normalized spacial score (nSPS) is 16.7. The van der Waals surface area contributed by atoms with Gasteiger partial charge >= 0.3 is 12.2 Å². The third-order valence-electron chi connectivity index (χ3n) is 6.57. The summed E-state index contributed by atoms with van der Waals surface area (Å²) in [7, 11) is 0. The summed E-state index contributed by atoms with van der Waals surface area (Å²) in [6.07, 6.45) is -2.76. The monoisotopic (exact) mass is 552 g/mol. The lowest BCUT2D eigenvalue weighted by molar-refractivity contribution is -0.158. The number of hydrogen-bond donors (Lipinski definition) is 2. The van der Waals surface area contributed by atoms with Gasteiger partial charge < -0.3 is 15.3 Å². The number of amides is 3. The van der Waals surface area contributed by atoms with Crippen LogP contribution in [0.3, 0.4) is 0 Å². The van der Waals surface area contributed by atoms with Crippen LogP contribution in [0.1, 0.15) is 23.2 Å². The van der Waals surface area contributed by atoms with Crippen LogP contribution in [-0.4, -0.2) is 74.9 Å². The number of nitrogens with one attached hydrogen (secondary N) is 1. The Balaban J connectivity index is 1.64. The first-order chi connectivity index (χ1) is 18.5. The molecule has 0 bridgehead atoms. The number of alkyl halides is 3. The highest BCUT2D eigenvalue weighted by Gasteiger charge is 2.50. The van der Waals surface area contributed by atoms with E-state index in [4.69, 9.17) is 5.11 Å². The number of rotatable bonds is 7. The average molecular weight is 552 g/mol. The van der Waals surface area contributed by atoms with Crippen molar-refractivity contribution in [3.8, 4) is 5.82 Å². The van der Waals surface area contributed by atoms with E-state index in [0.29, 0.717) is 12.3 Å². The molecule has 1 aliphatic carbocycles. The second-order valence-electron chi connectivity index (χ2n) is 9.22. The number of aromatic nitrogens is 3. The van der Waals surface area contributed by atoms with Gasteiger partial charge in [-0.3, -0.25) is 19.1 Å². The zero-order valence-electron chi connectivity index (χ0n) is 20.1. The minimum atomic E-state index is -4.75. The van der Waals surface area contributed by atoms with E-state index >= 15 is 0 Å². The highest BCUT2D eigenvalue weighted by molar-refractivity contribution is 5.98. The molecule has 5 rings (SSSR count). The third-order valence-corrected chi connectivity index (χ3v) is 6.57. The summed E-state index contributed by atoms with van der Waals surface area (Å²) in [5, 5.41) is 10.8. The molecule has 1 atom stereocenters. The number of pyridine rings is 3. The van der Waals surface area contributed by atoms with Crippen molar-refractivity contribution in [1.82, 2.24) is 24.8 Å². The number of hydrogen-bond acceptors (Lipinski definition) is 6. The first kappa shape index (κ1) is 26.5. The van der Waals surface area contributed by atoms with E-state index in [-0.39, 0.29) is 55.9 Å². The topological polar surface area (TPSA) is 121 Å². The summed E-state index contributed by atoms with van der Waals surface area (Å²) in [5.74, 6) is -4.89. The SMILES string of the molecule is O=C(N[C@@H](C1CC1)C(F)(F)F)c1cn(-c2ncc(F)cc2F)c2nc(N3CCN(CCO)C3=O)ccc2c1=O. The van der Waals surface area contributed by atoms with Gasteiger partial charge in [0.05, 0.1) is 18.2 Å². The van der Waals surface area contributed by atoms with E-state index in [0.717, 1.165) is 10.8 Å². The van der Waals surface area contributed by atoms with Crippen LogP contribution in [0, 0.1) is 17.6 Å². The number of anilines is 1. The van der Waals surface area contributed by atoms with E-state index < -0.39 is 58.5 Å². The number of aliphatic hydroxyl groups excluding tert-OH is 1. The van der Waals surface area contributed by atoms with Crippen LogP contribution in [0.4, 0.5) is 32.6 Å². The quantitative estimate of drug-likeness (QED) is 0.435. The lowest BCUT2D eigenvalue weighted by atomic mass is 10.1. The smallest absolute Gasteiger partial charge is 0.395 e. The lowest BCUT2D eigenvalue weighted by Crippen LogP contribution is -2.48. The van der Waals surface area contributed by atoms with Crippen LogP contribution >= 0.6 is 0 Å². The second-order valence-corrected chi connectivity index (χ2v) is 9.22. The maximum atomic E-state index is 14.8. The van der Waals surface area contributed by atoms with Crippen LogP contribution in [-0.2, 0) is 0 Å². The number of fused-ring (bicyclic) bond motifs is 1. The molecule has 3 aromatic heterocycles. The number of carbonyl (C=O) groups excluding carboxylic acids is 2. The van der Waals surface area contributed by atoms with Crippen LogP contribution in [0.5, 0.6) is 0 Å². The van der Waals surface area contributed by atoms with Gasteiger partial charge in [0.25, 0.3) is 5.91 Å². The van der Waals surface area contributed by atoms with Crippen molar-refractivity contribution >= 4 is 28.8 Å². The zero-order valence-corrected chi connectivity index (χ0v) is 20.1. The fourth-order valence-electron chi connectivity index (χ4n) is 4.49. The zero-order chi connectivity index (χ0) is 28.1. The summed E-state index contributed by atoms with van der Waals surface area (Å²) < 4.78 is 69.8. The van der Waals surface area contributed by atoms with Crippen molar-refractivity contribution in [2.45, 2.75) is 25.1 Å². The molecule has 2 fully saturated rings. The molecule has 2 aliphatic rings. The lowest BCUT2D eigenvalue weighted by Gasteiger charge is -2.22. The number of urea groups is 1. The predicted octanol–water partition coefficient (Wildman–Crippen LogP) is 2.36. The number of nitrogens with zero attached hydrogens (tertiary/aromatic N) is 5. The summed E-state index contributed by atoms with van der Waals surface area (Å²) >= 11 is 0. The maximum absolute atomic E-state index is 14.8. The predicted molar refractivity (Wildman–Crippen MR) is 126 cm³/mol. The Kier molecular flexibility index (Phi) is 6.70. The Labute approximate surface area is 216 Å². The summed E-state index contributed by atoms with van der Waals surface area (Å²) in [5.41, 5.74) is -1.98. The van der Waals surface area contributed by atoms with Gasteiger partial charge in [-0.2, -0.15) is 13.2 Å². The van der Waals surface area contributed by atoms with E-state index in [1.54, 1.807) is 0 Å². The molecule has 1 saturated heterocycles. The minimum Gasteiger partial charge on any atom is -0.395 e. The van der Waals surface area contributed by atoms with Gasteiger partial charge in [0.15, 0.2) is 17.3 Å². The molecule has 3 amide bonds. The molecule has 3 aromatic rings. The second kappa shape index (κ2) is 9.87. The van der Waals surface area contributed by atoms with E-state index in [1.165, 1.54) is 21.9 Å². The first-order valence-electron chi connectivity index (χ1n) is 11.9. The van der Waals surface area contributed by atoms with Gasteiger partial charge in [0.1, 0.15) is 23.2 Å². The Hall–Kier alpha value is -4.14. The standard InChI is InChI=1S/C24H21F5N6O4/c25-13-9-16(26)21(30-10-13)35-11-15(22(38)32-19(12-1-2-12)24(27,28)29)18(37)14-3-4-17(31-20(14)35)34-6-5-33(7-8-36)23(34)39/h3-4,9-12,19,36H,1-2,5-8H2,(H,32,38)/t19-/m0/s1. The van der Waals surface area contributed by atoms with Crippen molar-refractivity contribution in [2.24, 2.45) is 5.92 Å². The van der Waals surface area contributed by atoms with Crippen LogP contribution in [0.25, 0.3) is 16.9 Å². The summed E-state index contributed by atoms with van der Waals surface area (Å²) in [6.45, 7) is 0.281. The van der Waals surface area contributed by atoms with Gasteiger partial charge in [0.2, 0.25) is 5.43 Å². The van der Waals surface area contributed by atoms with Gasteiger partial charge in [-0.15, -0.1) is 0 Å².